The Morgan fingerprint density at radius 2 is 1.80 bits per heavy atom. The fourth-order valence-corrected chi connectivity index (χ4v) is 3.73. The fraction of sp³-hybridized carbons (Fsp3) is 0.375. The van der Waals surface area contributed by atoms with E-state index in [1.54, 1.807) is 12.1 Å². The van der Waals surface area contributed by atoms with Gasteiger partial charge in [-0.1, -0.05) is 0 Å². The molecule has 0 fully saturated rings. The van der Waals surface area contributed by atoms with Crippen molar-refractivity contribution in [3.8, 4) is 0 Å². The number of benzene rings is 1. The highest BCUT2D eigenvalue weighted by atomic mass is 16.6. The average molecular weight is 575 g/mol. The summed E-state index contributed by atoms with van der Waals surface area (Å²) in [6.45, 7) is 0.873. The smallest absolute Gasteiger partial charge is 0.330 e. The Labute approximate surface area is 232 Å². The van der Waals surface area contributed by atoms with Crippen LogP contribution in [0.15, 0.2) is 29.1 Å². The Bertz CT molecular complexity index is 1360. The first-order chi connectivity index (χ1) is 19.4. The number of aromatic amines is 1. The topological polar surface area (TPSA) is 281 Å². The molecule has 1 aliphatic heterocycles. The molecule has 3 atom stereocenters. The van der Waals surface area contributed by atoms with Gasteiger partial charge in [0.1, 0.15) is 17.8 Å². The van der Waals surface area contributed by atoms with E-state index in [2.05, 4.69) is 36.0 Å². The molecule has 1 amide bonds. The number of aliphatic carboxylic acids is 2. The number of carbonyl (C=O) groups is 5. The van der Waals surface area contributed by atoms with Crippen molar-refractivity contribution in [2.75, 3.05) is 34.8 Å². The third-order valence-corrected chi connectivity index (χ3v) is 5.93. The summed E-state index contributed by atoms with van der Waals surface area (Å²) in [6.07, 6.45) is -1.51. The van der Waals surface area contributed by atoms with Crippen molar-refractivity contribution in [1.82, 2.24) is 15.3 Å². The molecule has 0 spiro atoms. The van der Waals surface area contributed by atoms with E-state index in [4.69, 9.17) is 16.6 Å². The molecule has 1 aliphatic rings. The van der Waals surface area contributed by atoms with Crippen LogP contribution in [0.4, 0.5) is 23.1 Å². The molecule has 0 saturated heterocycles. The van der Waals surface area contributed by atoms with Gasteiger partial charge in [-0.05, 0) is 37.1 Å². The third-order valence-electron chi connectivity index (χ3n) is 5.93. The second-order valence-corrected chi connectivity index (χ2v) is 9.09. The highest BCUT2D eigenvalue weighted by Crippen LogP contribution is 2.20. The maximum Gasteiger partial charge on any atom is 0.330 e. The van der Waals surface area contributed by atoms with Crippen molar-refractivity contribution in [1.29, 1.82) is 0 Å². The van der Waals surface area contributed by atoms with Crippen molar-refractivity contribution < 1.29 is 38.9 Å². The zero-order chi connectivity index (χ0) is 30.1. The number of esters is 2. The molecule has 11 N–H and O–H groups in total. The van der Waals surface area contributed by atoms with E-state index in [9.17, 15) is 33.9 Å². The molecule has 1 aromatic carbocycles. The van der Waals surface area contributed by atoms with Gasteiger partial charge in [-0.3, -0.25) is 24.2 Å². The predicted octanol–water partition coefficient (Wildman–Crippen LogP) is -1.10. The van der Waals surface area contributed by atoms with Gasteiger partial charge in [-0.15, -0.1) is 0 Å². The molecule has 2 aromatic rings. The van der Waals surface area contributed by atoms with Gasteiger partial charge in [-0.2, -0.15) is 4.98 Å². The Morgan fingerprint density at radius 1 is 1.10 bits per heavy atom. The van der Waals surface area contributed by atoms with E-state index in [0.717, 1.165) is 0 Å². The van der Waals surface area contributed by atoms with Crippen LogP contribution >= 0.6 is 0 Å². The molecular formula is C24H30N8O9. The zero-order valence-electron chi connectivity index (χ0n) is 21.6. The maximum absolute atomic E-state index is 12.6. The quantitative estimate of drug-likeness (QED) is 0.101. The lowest BCUT2D eigenvalue weighted by Crippen LogP contribution is -2.41. The summed E-state index contributed by atoms with van der Waals surface area (Å²) in [5.74, 6) is -5.10. The lowest BCUT2D eigenvalue weighted by atomic mass is 10.1. The first-order valence-electron chi connectivity index (χ1n) is 12.4. The molecule has 220 valence electrons. The highest BCUT2D eigenvalue weighted by molar-refractivity contribution is 5.97. The number of nitrogens with one attached hydrogen (secondary N) is 5. The number of carbonyl (C=O) groups excluding carboxylic acids is 3. The molecule has 0 bridgehead atoms. The number of ether oxygens (including phenoxy) is 1. The summed E-state index contributed by atoms with van der Waals surface area (Å²) in [5, 5.41) is 29.7. The largest absolute Gasteiger partial charge is 0.481 e. The van der Waals surface area contributed by atoms with E-state index in [0.29, 0.717) is 24.6 Å². The number of anilines is 4. The molecule has 2 heterocycles. The summed E-state index contributed by atoms with van der Waals surface area (Å²) >= 11 is 0. The standard InChI is InChI=1S/C24H30N8O9/c25-14(5-7-16(33)34)23(40)41-17(35)8-6-15(22(38)39)30-20(36)11-1-3-12(4-2-11)27-9-13-10-28-19-18(29-13)21(37)32-24(26)31-19/h1-4,13-15,27,29H,5-10,25H2,(H,30,36)(H,33,34)(H,38,39)(H4,26,28,31,32,37)/t13?,14-,15-/m0/s1. The highest BCUT2D eigenvalue weighted by Gasteiger charge is 2.25. The molecular weight excluding hydrogens is 544 g/mol. The summed E-state index contributed by atoms with van der Waals surface area (Å²) in [4.78, 5) is 77.0. The van der Waals surface area contributed by atoms with Crippen LogP contribution in [0.25, 0.3) is 0 Å². The average Bonchev–Trinajstić information content (AvgIpc) is 2.92. The molecule has 0 radical (unpaired) electrons. The van der Waals surface area contributed by atoms with E-state index in [1.165, 1.54) is 12.1 Å². The first-order valence-corrected chi connectivity index (χ1v) is 12.4. The Kier molecular flexibility index (Phi) is 10.2. The van der Waals surface area contributed by atoms with Gasteiger partial charge >= 0.3 is 23.9 Å². The minimum Gasteiger partial charge on any atom is -0.481 e. The van der Waals surface area contributed by atoms with E-state index >= 15 is 0 Å². The first kappa shape index (κ1) is 30.4. The lowest BCUT2D eigenvalue weighted by molar-refractivity contribution is -0.160. The number of hydrogen-bond donors (Lipinski definition) is 9. The third kappa shape index (κ3) is 8.92. The SMILES string of the molecule is Nc1nc2c(c(=O)[nH]1)NC(CNc1ccc(C(=O)N[C@@H](CCC(=O)OC(=O)[C@@H](N)CCC(=O)O)C(=O)O)cc1)CN2. The molecule has 17 heteroatoms. The molecule has 1 aromatic heterocycles. The Balaban J connectivity index is 1.46. The number of carboxylic acids is 2. The van der Waals surface area contributed by atoms with Gasteiger partial charge in [0.2, 0.25) is 5.95 Å². The number of nitrogens with zero attached hydrogens (tertiary/aromatic N) is 1. The van der Waals surface area contributed by atoms with Crippen molar-refractivity contribution in [3.05, 3.63) is 40.2 Å². The number of fused-ring (bicyclic) bond motifs is 1. The van der Waals surface area contributed by atoms with Gasteiger partial charge < -0.3 is 47.7 Å². The van der Waals surface area contributed by atoms with E-state index < -0.39 is 60.3 Å². The summed E-state index contributed by atoms with van der Waals surface area (Å²) in [5.41, 5.74) is 11.7. The predicted molar refractivity (Wildman–Crippen MR) is 144 cm³/mol. The van der Waals surface area contributed by atoms with Crippen LogP contribution in [0.3, 0.4) is 0 Å². The van der Waals surface area contributed by atoms with Crippen LogP contribution < -0.4 is 38.3 Å². The van der Waals surface area contributed by atoms with Crippen LogP contribution in [0.2, 0.25) is 0 Å². The van der Waals surface area contributed by atoms with Crippen molar-refractivity contribution in [2.24, 2.45) is 5.73 Å². The number of nitrogen functional groups attached to an aromatic ring is 1. The lowest BCUT2D eigenvalue weighted by Gasteiger charge is -2.27. The van der Waals surface area contributed by atoms with Gasteiger partial charge in [0, 0.05) is 37.2 Å². The van der Waals surface area contributed by atoms with Crippen LogP contribution in [0.1, 0.15) is 36.0 Å². The van der Waals surface area contributed by atoms with Gasteiger partial charge in [0.05, 0.1) is 6.04 Å². The minimum atomic E-state index is -1.45. The molecule has 0 aliphatic carbocycles. The summed E-state index contributed by atoms with van der Waals surface area (Å²) in [6, 6.07) is 3.22. The summed E-state index contributed by atoms with van der Waals surface area (Å²) < 4.78 is 4.53. The monoisotopic (exact) mass is 574 g/mol. The molecule has 1 unspecified atom stereocenters. The van der Waals surface area contributed by atoms with Crippen molar-refractivity contribution in [2.45, 2.75) is 43.8 Å². The Morgan fingerprint density at radius 3 is 2.46 bits per heavy atom. The summed E-state index contributed by atoms with van der Waals surface area (Å²) in [7, 11) is 0. The second kappa shape index (κ2) is 13.7. The fourth-order valence-electron chi connectivity index (χ4n) is 3.73. The van der Waals surface area contributed by atoms with Crippen LogP contribution in [0.5, 0.6) is 0 Å². The zero-order valence-corrected chi connectivity index (χ0v) is 21.6. The number of carboxylic acid groups (broad SMARTS) is 2. The van der Waals surface area contributed by atoms with Gasteiger partial charge in [0.25, 0.3) is 11.5 Å². The van der Waals surface area contributed by atoms with E-state index in [-0.39, 0.29) is 36.1 Å². The number of nitrogens with two attached hydrogens (primary N) is 2. The second-order valence-electron chi connectivity index (χ2n) is 9.09. The Hall–Kier alpha value is -5.19. The van der Waals surface area contributed by atoms with Gasteiger partial charge in [-0.25, -0.2) is 9.59 Å². The van der Waals surface area contributed by atoms with Crippen LogP contribution in [0, 0.1) is 0 Å². The number of amides is 1. The maximum atomic E-state index is 12.6. The van der Waals surface area contributed by atoms with Crippen LogP contribution in [-0.2, 0) is 23.9 Å². The molecule has 3 rings (SSSR count). The number of hydrogen-bond acceptors (Lipinski definition) is 13. The van der Waals surface area contributed by atoms with Crippen molar-refractivity contribution >= 4 is 52.9 Å². The number of aromatic nitrogens is 2. The molecule has 17 nitrogen and oxygen atoms in total. The van der Waals surface area contributed by atoms with Crippen LogP contribution in [-0.4, -0.2) is 81.2 Å². The molecule has 41 heavy (non-hydrogen) atoms. The number of H-pyrrole nitrogens is 1. The normalized spacial score (nSPS) is 15.2. The van der Waals surface area contributed by atoms with Crippen molar-refractivity contribution in [3.63, 3.8) is 0 Å². The number of rotatable bonds is 13. The minimum absolute atomic E-state index is 0.00403. The molecule has 0 saturated carbocycles. The van der Waals surface area contributed by atoms with Gasteiger partial charge in [0.15, 0.2) is 5.82 Å². The van der Waals surface area contributed by atoms with E-state index in [1.807, 2.05) is 0 Å².